The molecule has 0 aromatic carbocycles. The van der Waals surface area contributed by atoms with Gasteiger partial charge in [-0.2, -0.15) is 5.26 Å². The van der Waals surface area contributed by atoms with Gasteiger partial charge in [0.25, 0.3) is 5.78 Å². The molecule has 0 unspecified atom stereocenters. The van der Waals surface area contributed by atoms with Gasteiger partial charge < -0.3 is 0 Å². The molecule has 6 heavy (non-hydrogen) atoms. The van der Waals surface area contributed by atoms with Gasteiger partial charge in [0.1, 0.15) is 6.07 Å². The average Bonchev–Trinajstić information content (AvgIpc) is 1.65. The average molecular weight is 83.0 g/mol. The van der Waals surface area contributed by atoms with Crippen molar-refractivity contribution in [2.75, 3.05) is 0 Å². The highest BCUT2D eigenvalue weighted by Gasteiger charge is 1.87. The molecule has 3 heteroatoms. The Morgan fingerprint density at radius 1 is 1.83 bits per heavy atom. The summed E-state index contributed by atoms with van der Waals surface area (Å²) in [6.07, 6.45) is -0.0278. The standard InChI is InChI=1S/C3HNO2/c4-1-3(6)2-5/h2H. The molecule has 0 saturated heterocycles. The van der Waals surface area contributed by atoms with Crippen LogP contribution in [0.3, 0.4) is 0 Å². The molecular formula is C3HNO2. The number of nitriles is 1. The fourth-order valence-electron chi connectivity index (χ4n) is 0.0264. The summed E-state index contributed by atoms with van der Waals surface area (Å²) in [6.45, 7) is 0. The summed E-state index contributed by atoms with van der Waals surface area (Å²) in [7, 11) is 0. The molecule has 0 radical (unpaired) electrons. The van der Waals surface area contributed by atoms with E-state index < -0.39 is 5.78 Å². The Bertz CT molecular complexity index is 110. The number of carbonyl (C=O) groups is 2. The third kappa shape index (κ3) is 1.18. The van der Waals surface area contributed by atoms with Crippen molar-refractivity contribution < 1.29 is 9.59 Å². The van der Waals surface area contributed by atoms with Crippen LogP contribution in [0.15, 0.2) is 0 Å². The molecule has 0 aliphatic heterocycles. The van der Waals surface area contributed by atoms with E-state index in [9.17, 15) is 4.79 Å². The van der Waals surface area contributed by atoms with Gasteiger partial charge in [0.15, 0.2) is 0 Å². The van der Waals surface area contributed by atoms with E-state index >= 15 is 0 Å². The van der Waals surface area contributed by atoms with Gasteiger partial charge in [0.05, 0.1) is 0 Å². The van der Waals surface area contributed by atoms with Crippen LogP contribution in [0.5, 0.6) is 0 Å². The molecule has 0 rings (SSSR count). The van der Waals surface area contributed by atoms with E-state index in [-0.39, 0.29) is 6.29 Å². The fraction of sp³-hybridized carbons (Fsp3) is 0. The number of nitrogens with zero attached hydrogens (tertiary/aromatic N) is 1. The topological polar surface area (TPSA) is 57.9 Å². The highest BCUT2D eigenvalue weighted by molar-refractivity contribution is 6.32. The molecule has 0 atom stereocenters. The van der Waals surface area contributed by atoms with Gasteiger partial charge in [0, 0.05) is 0 Å². The van der Waals surface area contributed by atoms with Crippen LogP contribution < -0.4 is 0 Å². The van der Waals surface area contributed by atoms with Crippen LogP contribution in [0.2, 0.25) is 0 Å². The fourth-order valence-corrected chi connectivity index (χ4v) is 0.0264. The van der Waals surface area contributed by atoms with Crippen molar-refractivity contribution in [3.05, 3.63) is 0 Å². The van der Waals surface area contributed by atoms with Crippen LogP contribution in [0.4, 0.5) is 0 Å². The minimum Gasteiger partial charge on any atom is -0.293 e. The van der Waals surface area contributed by atoms with Crippen LogP contribution in [0.1, 0.15) is 0 Å². The van der Waals surface area contributed by atoms with E-state index in [1.54, 1.807) is 0 Å². The lowest BCUT2D eigenvalue weighted by Gasteiger charge is -1.54. The zero-order valence-electron chi connectivity index (χ0n) is 2.84. The summed E-state index contributed by atoms with van der Waals surface area (Å²) in [4.78, 5) is 18.6. The first-order valence-electron chi connectivity index (χ1n) is 1.20. The smallest absolute Gasteiger partial charge is 0.293 e. The first kappa shape index (κ1) is 4.83. The molecule has 0 fully saturated rings. The molecule has 0 bridgehead atoms. The van der Waals surface area contributed by atoms with Gasteiger partial charge in [-0.25, -0.2) is 0 Å². The molecule has 0 spiro atoms. The minimum absolute atomic E-state index is 0.0278. The molecule has 0 saturated carbocycles. The maximum absolute atomic E-state index is 9.45. The highest BCUT2D eigenvalue weighted by atomic mass is 16.2. The third-order valence-corrected chi connectivity index (χ3v) is 0.217. The maximum atomic E-state index is 9.45. The minimum atomic E-state index is -1.03. The van der Waals surface area contributed by atoms with Crippen LogP contribution in [-0.2, 0) is 9.59 Å². The van der Waals surface area contributed by atoms with Crippen LogP contribution >= 0.6 is 0 Å². The van der Waals surface area contributed by atoms with Gasteiger partial charge in [-0.1, -0.05) is 0 Å². The number of aldehydes is 1. The third-order valence-electron chi connectivity index (χ3n) is 0.217. The number of hydrogen-bond donors (Lipinski definition) is 0. The van der Waals surface area contributed by atoms with E-state index in [1.165, 1.54) is 0 Å². The van der Waals surface area contributed by atoms with Crippen LogP contribution in [0, 0.1) is 11.3 Å². The summed E-state index contributed by atoms with van der Waals surface area (Å²) < 4.78 is 0. The van der Waals surface area contributed by atoms with Gasteiger partial charge in [-0.3, -0.25) is 9.59 Å². The van der Waals surface area contributed by atoms with Crippen molar-refractivity contribution in [1.82, 2.24) is 0 Å². The summed E-state index contributed by atoms with van der Waals surface area (Å²) in [5.74, 6) is -1.03. The van der Waals surface area contributed by atoms with E-state index in [4.69, 9.17) is 10.1 Å². The second-order valence-electron chi connectivity index (χ2n) is 0.594. The van der Waals surface area contributed by atoms with Gasteiger partial charge in [-0.05, 0) is 0 Å². The normalized spacial score (nSPS) is 5.83. The van der Waals surface area contributed by atoms with E-state index in [1.807, 2.05) is 0 Å². The van der Waals surface area contributed by atoms with Crippen molar-refractivity contribution in [2.24, 2.45) is 0 Å². The van der Waals surface area contributed by atoms with Gasteiger partial charge in [0.2, 0.25) is 6.29 Å². The lowest BCUT2D eigenvalue weighted by molar-refractivity contribution is -0.126. The second-order valence-corrected chi connectivity index (χ2v) is 0.594. The summed E-state index contributed by atoms with van der Waals surface area (Å²) in [5.41, 5.74) is 0. The molecule has 30 valence electrons. The number of rotatable bonds is 1. The Labute approximate surface area is 34.2 Å². The summed E-state index contributed by atoms with van der Waals surface area (Å²) >= 11 is 0. The number of hydrogen-bond acceptors (Lipinski definition) is 3. The molecule has 0 aliphatic rings. The van der Waals surface area contributed by atoms with Crippen molar-refractivity contribution in [3.8, 4) is 6.07 Å². The number of Topliss-reactive ketones (excluding diaryl/α,β-unsaturated/α-hetero) is 1. The van der Waals surface area contributed by atoms with E-state index in [2.05, 4.69) is 0 Å². The summed E-state index contributed by atoms with van der Waals surface area (Å²) in [5, 5.41) is 7.50. The molecule has 0 aromatic rings. The second kappa shape index (κ2) is 2.09. The first-order chi connectivity index (χ1) is 2.81. The van der Waals surface area contributed by atoms with E-state index in [0.29, 0.717) is 0 Å². The van der Waals surface area contributed by atoms with Gasteiger partial charge >= 0.3 is 0 Å². The summed E-state index contributed by atoms with van der Waals surface area (Å²) in [6, 6.07) is 1.11. The molecule has 0 aromatic heterocycles. The lowest BCUT2D eigenvalue weighted by atomic mass is 10.5. The van der Waals surface area contributed by atoms with Crippen LogP contribution in [-0.4, -0.2) is 12.1 Å². The Morgan fingerprint density at radius 2 is 2.33 bits per heavy atom. The zero-order valence-corrected chi connectivity index (χ0v) is 2.84. The van der Waals surface area contributed by atoms with Crippen molar-refractivity contribution in [2.45, 2.75) is 0 Å². The molecular weight excluding hydrogens is 82.0 g/mol. The number of ketones is 1. The maximum Gasteiger partial charge on any atom is 0.294 e. The predicted octanol–water partition coefficient (Wildman–Crippen LogP) is -0.722. The van der Waals surface area contributed by atoms with Crippen molar-refractivity contribution >= 4 is 12.1 Å². The Morgan fingerprint density at radius 3 is 2.33 bits per heavy atom. The molecule has 3 nitrogen and oxygen atoms in total. The largest absolute Gasteiger partial charge is 0.294 e. The lowest BCUT2D eigenvalue weighted by Crippen LogP contribution is -1.90. The van der Waals surface area contributed by atoms with Crippen molar-refractivity contribution in [1.29, 1.82) is 5.26 Å². The predicted molar refractivity (Wildman–Crippen MR) is 16.7 cm³/mol. The first-order valence-corrected chi connectivity index (χ1v) is 1.20. The molecule has 0 N–H and O–H groups in total. The molecule has 0 amide bonds. The Kier molecular flexibility index (Phi) is 1.68. The molecule has 0 aliphatic carbocycles. The van der Waals surface area contributed by atoms with Crippen molar-refractivity contribution in [3.63, 3.8) is 0 Å². The van der Waals surface area contributed by atoms with Gasteiger partial charge in [-0.15, -0.1) is 0 Å². The quantitative estimate of drug-likeness (QED) is 0.239. The Balaban J connectivity index is 3.63. The zero-order chi connectivity index (χ0) is 4.99. The highest BCUT2D eigenvalue weighted by Crippen LogP contribution is 1.50. The monoisotopic (exact) mass is 83.0 g/mol. The number of carbonyl (C=O) groups excluding carboxylic acids is 2. The SMILES string of the molecule is N#CC(=O)C=O. The molecule has 0 heterocycles. The van der Waals surface area contributed by atoms with E-state index in [0.717, 1.165) is 6.07 Å². The van der Waals surface area contributed by atoms with Crippen LogP contribution in [0.25, 0.3) is 0 Å². The Hall–Kier alpha value is -1.17.